The number of hydrogen-bond donors (Lipinski definition) is 2. The Bertz CT molecular complexity index is 202. The molecule has 0 aromatic carbocycles. The van der Waals surface area contributed by atoms with Gasteiger partial charge in [-0.15, -0.1) is 0 Å². The van der Waals surface area contributed by atoms with Crippen molar-refractivity contribution >= 4 is 0 Å². The lowest BCUT2D eigenvalue weighted by Crippen LogP contribution is -2.55. The van der Waals surface area contributed by atoms with Crippen LogP contribution in [-0.2, 0) is 9.47 Å². The molecule has 0 aromatic rings. The Morgan fingerprint density at radius 3 is 2.76 bits per heavy atom. The average molecular weight is 246 g/mol. The van der Waals surface area contributed by atoms with Crippen LogP contribution in [0.5, 0.6) is 0 Å². The molecule has 0 amide bonds. The molecule has 5 heteroatoms. The van der Waals surface area contributed by atoms with E-state index in [-0.39, 0.29) is 18.7 Å². The van der Waals surface area contributed by atoms with Gasteiger partial charge in [-0.05, 0) is 25.3 Å². The summed E-state index contributed by atoms with van der Waals surface area (Å²) in [5, 5.41) is 9.48. The van der Waals surface area contributed by atoms with Crippen LogP contribution in [0, 0.1) is 5.92 Å². The van der Waals surface area contributed by atoms with E-state index in [0.29, 0.717) is 12.5 Å². The highest BCUT2D eigenvalue weighted by atomic mass is 16.5. The van der Waals surface area contributed by atoms with Crippen molar-refractivity contribution in [1.29, 1.82) is 0 Å². The normalized spacial score (nSPS) is 25.8. The van der Waals surface area contributed by atoms with E-state index in [2.05, 4.69) is 4.90 Å². The second-order valence-corrected chi connectivity index (χ2v) is 4.83. The Morgan fingerprint density at radius 2 is 2.18 bits per heavy atom. The number of hydrogen-bond acceptors (Lipinski definition) is 5. The smallest absolute Gasteiger partial charge is 0.0629 e. The highest BCUT2D eigenvalue weighted by Gasteiger charge is 2.29. The lowest BCUT2D eigenvalue weighted by molar-refractivity contribution is 0.0250. The molecule has 0 bridgehead atoms. The van der Waals surface area contributed by atoms with E-state index in [1.165, 1.54) is 6.42 Å². The summed E-state index contributed by atoms with van der Waals surface area (Å²) in [6, 6.07) is -0.138. The molecule has 1 aliphatic heterocycles. The molecule has 3 atom stereocenters. The molecule has 1 rings (SSSR count). The lowest BCUT2D eigenvalue weighted by Gasteiger charge is -2.39. The third-order valence-corrected chi connectivity index (χ3v) is 3.46. The zero-order valence-electron chi connectivity index (χ0n) is 11.0. The maximum Gasteiger partial charge on any atom is 0.0629 e. The van der Waals surface area contributed by atoms with Crippen LogP contribution >= 0.6 is 0 Å². The van der Waals surface area contributed by atoms with Crippen molar-refractivity contribution in [1.82, 2.24) is 4.90 Å². The third kappa shape index (κ3) is 4.52. The molecular weight excluding hydrogens is 220 g/mol. The number of nitrogens with two attached hydrogens (primary N) is 1. The number of nitrogens with zero attached hydrogens (tertiary/aromatic N) is 1. The molecule has 0 spiro atoms. The molecule has 1 saturated heterocycles. The summed E-state index contributed by atoms with van der Waals surface area (Å²) >= 11 is 0. The Hall–Kier alpha value is -0.200. The van der Waals surface area contributed by atoms with Crippen LogP contribution in [0.25, 0.3) is 0 Å². The predicted octanol–water partition coefficient (Wildman–Crippen LogP) is -0.321. The van der Waals surface area contributed by atoms with Crippen LogP contribution < -0.4 is 5.73 Å². The van der Waals surface area contributed by atoms with E-state index < -0.39 is 0 Å². The number of aliphatic hydroxyl groups is 1. The van der Waals surface area contributed by atoms with Crippen molar-refractivity contribution in [2.75, 3.05) is 47.1 Å². The first-order valence-electron chi connectivity index (χ1n) is 6.31. The molecule has 1 heterocycles. The van der Waals surface area contributed by atoms with E-state index in [4.69, 9.17) is 15.2 Å². The van der Waals surface area contributed by atoms with Gasteiger partial charge < -0.3 is 20.3 Å². The fraction of sp³-hybridized carbons (Fsp3) is 1.00. The molecule has 1 aliphatic rings. The molecule has 102 valence electrons. The highest BCUT2D eigenvalue weighted by molar-refractivity contribution is 4.85. The summed E-state index contributed by atoms with van der Waals surface area (Å²) in [5.74, 6) is 0.553. The zero-order chi connectivity index (χ0) is 12.7. The zero-order valence-corrected chi connectivity index (χ0v) is 11.0. The Labute approximate surface area is 104 Å². The first-order chi connectivity index (χ1) is 8.22. The Balaban J connectivity index is 2.49. The Kier molecular flexibility index (Phi) is 6.99. The van der Waals surface area contributed by atoms with E-state index >= 15 is 0 Å². The number of ether oxygens (including phenoxy) is 2. The first-order valence-corrected chi connectivity index (χ1v) is 6.31. The number of piperidine rings is 1. The van der Waals surface area contributed by atoms with Crippen molar-refractivity contribution in [3.05, 3.63) is 0 Å². The van der Waals surface area contributed by atoms with Crippen LogP contribution in [-0.4, -0.2) is 69.2 Å². The molecule has 5 nitrogen and oxygen atoms in total. The maximum absolute atomic E-state index is 9.48. The summed E-state index contributed by atoms with van der Waals surface area (Å²) in [4.78, 5) is 2.27. The standard InChI is InChI=1S/C12H26N2O3/c1-16-8-10-4-3-5-14(6-10)12(7-15)11(13)9-17-2/h10-12,15H,3-9,13H2,1-2H3. The third-order valence-electron chi connectivity index (χ3n) is 3.46. The van der Waals surface area contributed by atoms with E-state index in [1.54, 1.807) is 14.2 Å². The number of aliphatic hydroxyl groups excluding tert-OH is 1. The highest BCUT2D eigenvalue weighted by Crippen LogP contribution is 2.19. The van der Waals surface area contributed by atoms with E-state index in [1.807, 2.05) is 0 Å². The second-order valence-electron chi connectivity index (χ2n) is 4.83. The molecular formula is C12H26N2O3. The van der Waals surface area contributed by atoms with E-state index in [9.17, 15) is 5.11 Å². The fourth-order valence-electron chi connectivity index (χ4n) is 2.60. The van der Waals surface area contributed by atoms with Gasteiger partial charge in [0.1, 0.15) is 0 Å². The summed E-state index contributed by atoms with van der Waals surface area (Å²) in [6.45, 7) is 3.31. The van der Waals surface area contributed by atoms with Gasteiger partial charge in [0.05, 0.1) is 25.9 Å². The van der Waals surface area contributed by atoms with Gasteiger partial charge in [0.15, 0.2) is 0 Å². The quantitative estimate of drug-likeness (QED) is 0.644. The van der Waals surface area contributed by atoms with Crippen LogP contribution in [0.4, 0.5) is 0 Å². The van der Waals surface area contributed by atoms with Gasteiger partial charge in [0.2, 0.25) is 0 Å². The average Bonchev–Trinajstić information content (AvgIpc) is 2.31. The lowest BCUT2D eigenvalue weighted by atomic mass is 9.96. The van der Waals surface area contributed by atoms with Crippen molar-refractivity contribution < 1.29 is 14.6 Å². The van der Waals surface area contributed by atoms with Crippen LogP contribution in [0.15, 0.2) is 0 Å². The topological polar surface area (TPSA) is 68.0 Å². The predicted molar refractivity (Wildman–Crippen MR) is 66.9 cm³/mol. The van der Waals surface area contributed by atoms with Gasteiger partial charge in [-0.25, -0.2) is 0 Å². The molecule has 3 N–H and O–H groups in total. The van der Waals surface area contributed by atoms with Crippen molar-refractivity contribution in [2.24, 2.45) is 11.7 Å². The summed E-state index contributed by atoms with van der Waals surface area (Å²) in [5.41, 5.74) is 6.03. The minimum absolute atomic E-state index is 0.00499. The van der Waals surface area contributed by atoms with Crippen molar-refractivity contribution in [3.8, 4) is 0 Å². The van der Waals surface area contributed by atoms with E-state index in [0.717, 1.165) is 26.1 Å². The van der Waals surface area contributed by atoms with Crippen molar-refractivity contribution in [2.45, 2.75) is 24.9 Å². The SMILES string of the molecule is COCC1CCCN(C(CO)C(N)COC)C1. The largest absolute Gasteiger partial charge is 0.395 e. The van der Waals surface area contributed by atoms with Crippen LogP contribution in [0.1, 0.15) is 12.8 Å². The number of likely N-dealkylation sites (tertiary alicyclic amines) is 1. The Morgan fingerprint density at radius 1 is 1.41 bits per heavy atom. The van der Waals surface area contributed by atoms with Gasteiger partial charge in [0.25, 0.3) is 0 Å². The maximum atomic E-state index is 9.48. The fourth-order valence-corrected chi connectivity index (χ4v) is 2.60. The number of rotatable bonds is 7. The molecule has 0 saturated carbocycles. The minimum atomic E-state index is -0.133. The summed E-state index contributed by atoms with van der Waals surface area (Å²) < 4.78 is 10.3. The molecule has 0 radical (unpaired) electrons. The van der Waals surface area contributed by atoms with Crippen LogP contribution in [0.3, 0.4) is 0 Å². The van der Waals surface area contributed by atoms with Gasteiger partial charge >= 0.3 is 0 Å². The molecule has 17 heavy (non-hydrogen) atoms. The molecule has 1 fully saturated rings. The van der Waals surface area contributed by atoms with Crippen LogP contribution in [0.2, 0.25) is 0 Å². The monoisotopic (exact) mass is 246 g/mol. The molecule has 3 unspecified atom stereocenters. The van der Waals surface area contributed by atoms with Gasteiger partial charge in [-0.3, -0.25) is 4.90 Å². The van der Waals surface area contributed by atoms with Crippen molar-refractivity contribution in [3.63, 3.8) is 0 Å². The van der Waals surface area contributed by atoms with Gasteiger partial charge in [0, 0.05) is 26.8 Å². The first kappa shape index (κ1) is 14.9. The number of methoxy groups -OCH3 is 2. The summed E-state index contributed by atoms with van der Waals surface area (Å²) in [7, 11) is 3.37. The van der Waals surface area contributed by atoms with Gasteiger partial charge in [-0.1, -0.05) is 0 Å². The minimum Gasteiger partial charge on any atom is -0.395 e. The van der Waals surface area contributed by atoms with Gasteiger partial charge in [-0.2, -0.15) is 0 Å². The molecule has 0 aliphatic carbocycles. The summed E-state index contributed by atoms with van der Waals surface area (Å²) in [6.07, 6.45) is 2.34. The molecule has 0 aromatic heterocycles. The second kappa shape index (κ2) is 8.00.